The van der Waals surface area contributed by atoms with Crippen LogP contribution in [0, 0.1) is 5.82 Å². The molecule has 0 atom stereocenters. The second-order valence-electron chi connectivity index (χ2n) is 2.07. The molecule has 0 aromatic heterocycles. The minimum atomic E-state index is -4.68. The van der Waals surface area contributed by atoms with Crippen molar-refractivity contribution in [1.29, 1.82) is 0 Å². The van der Waals surface area contributed by atoms with E-state index in [0.29, 0.717) is 0 Å². The van der Waals surface area contributed by atoms with Crippen molar-refractivity contribution in [2.24, 2.45) is 0 Å². The van der Waals surface area contributed by atoms with Gasteiger partial charge in [-0.1, -0.05) is 0 Å². The van der Waals surface area contributed by atoms with E-state index in [4.69, 9.17) is 0 Å². The van der Waals surface area contributed by atoms with Crippen LogP contribution >= 0.6 is 12.0 Å². The molecule has 0 unspecified atom stereocenters. The zero-order valence-electron chi connectivity index (χ0n) is 6.14. The van der Waals surface area contributed by atoms with Crippen LogP contribution in [0.5, 0.6) is 0 Å². The lowest BCUT2D eigenvalue weighted by atomic mass is 10.4. The van der Waals surface area contributed by atoms with Gasteiger partial charge in [0.15, 0.2) is 0 Å². The van der Waals surface area contributed by atoms with Crippen LogP contribution in [0.1, 0.15) is 0 Å². The zero-order chi connectivity index (χ0) is 9.90. The number of rotatable bonds is 2. The summed E-state index contributed by atoms with van der Waals surface area (Å²) < 4.78 is 50.2. The molecular formula is C7H4F4OS. The molecule has 1 aromatic rings. The lowest BCUT2D eigenvalue weighted by Gasteiger charge is -2.04. The topological polar surface area (TPSA) is 9.23 Å². The first-order valence-corrected chi connectivity index (χ1v) is 3.89. The summed E-state index contributed by atoms with van der Waals surface area (Å²) in [6.45, 7) is 0. The second kappa shape index (κ2) is 3.97. The summed E-state index contributed by atoms with van der Waals surface area (Å²) in [5.41, 5.74) is 0. The van der Waals surface area contributed by atoms with Crippen molar-refractivity contribution < 1.29 is 21.7 Å². The predicted molar refractivity (Wildman–Crippen MR) is 39.4 cm³/mol. The van der Waals surface area contributed by atoms with Crippen molar-refractivity contribution in [3.05, 3.63) is 30.1 Å². The summed E-state index contributed by atoms with van der Waals surface area (Å²) in [4.78, 5) is 0.193. The maximum atomic E-state index is 12.3. The van der Waals surface area contributed by atoms with E-state index < -0.39 is 12.2 Å². The number of benzene rings is 1. The van der Waals surface area contributed by atoms with Crippen LogP contribution in [0.3, 0.4) is 0 Å². The monoisotopic (exact) mass is 212 g/mol. The standard InChI is InChI=1S/C7H4F4OS/c8-5-1-3-6(4-2-5)13-12-7(9,10)11/h1-4H. The summed E-state index contributed by atoms with van der Waals surface area (Å²) in [6.07, 6.45) is -4.68. The maximum Gasteiger partial charge on any atom is 0.533 e. The fourth-order valence-electron chi connectivity index (χ4n) is 0.586. The summed E-state index contributed by atoms with van der Waals surface area (Å²) in [5.74, 6) is -0.503. The lowest BCUT2D eigenvalue weighted by Crippen LogP contribution is -2.07. The first-order chi connectivity index (χ1) is 5.97. The molecule has 0 bridgehead atoms. The minimum absolute atomic E-state index is 0.144. The molecule has 0 aliphatic carbocycles. The molecule has 6 heteroatoms. The molecule has 1 aromatic carbocycles. The first-order valence-electron chi connectivity index (χ1n) is 3.15. The third-order valence-corrected chi connectivity index (χ3v) is 1.78. The molecule has 0 aliphatic heterocycles. The average molecular weight is 212 g/mol. The van der Waals surface area contributed by atoms with Crippen LogP contribution in [0.15, 0.2) is 29.2 Å². The Kier molecular flexibility index (Phi) is 3.16. The van der Waals surface area contributed by atoms with Gasteiger partial charge in [0, 0.05) is 16.9 Å². The Morgan fingerprint density at radius 2 is 1.62 bits per heavy atom. The van der Waals surface area contributed by atoms with Crippen molar-refractivity contribution in [2.45, 2.75) is 11.3 Å². The minimum Gasteiger partial charge on any atom is -0.215 e. The molecule has 0 saturated carbocycles. The molecule has 72 valence electrons. The van der Waals surface area contributed by atoms with E-state index >= 15 is 0 Å². The van der Waals surface area contributed by atoms with Gasteiger partial charge in [-0.25, -0.2) is 8.57 Å². The fourth-order valence-corrected chi connectivity index (χ4v) is 1.02. The molecule has 0 N–H and O–H groups in total. The van der Waals surface area contributed by atoms with Crippen LogP contribution in [-0.4, -0.2) is 6.36 Å². The van der Waals surface area contributed by atoms with E-state index in [9.17, 15) is 17.6 Å². The molecule has 0 saturated heterocycles. The van der Waals surface area contributed by atoms with Crippen molar-refractivity contribution in [3.8, 4) is 0 Å². The average Bonchev–Trinajstić information content (AvgIpc) is 2.02. The van der Waals surface area contributed by atoms with Crippen molar-refractivity contribution >= 4 is 12.0 Å². The number of alkyl halides is 3. The van der Waals surface area contributed by atoms with Gasteiger partial charge in [0.2, 0.25) is 0 Å². The molecular weight excluding hydrogens is 208 g/mol. The third-order valence-electron chi connectivity index (χ3n) is 1.05. The van der Waals surface area contributed by atoms with E-state index in [1.54, 1.807) is 0 Å². The van der Waals surface area contributed by atoms with Gasteiger partial charge < -0.3 is 0 Å². The maximum absolute atomic E-state index is 12.3. The lowest BCUT2D eigenvalue weighted by molar-refractivity contribution is -0.266. The zero-order valence-corrected chi connectivity index (χ0v) is 6.95. The molecule has 1 nitrogen and oxygen atoms in total. The molecule has 0 fully saturated rings. The SMILES string of the molecule is Fc1ccc(SOC(F)(F)F)cc1. The van der Waals surface area contributed by atoms with Crippen LogP contribution in [-0.2, 0) is 4.18 Å². The highest BCUT2D eigenvalue weighted by Gasteiger charge is 2.30. The van der Waals surface area contributed by atoms with E-state index in [2.05, 4.69) is 4.18 Å². The highest BCUT2D eigenvalue weighted by molar-refractivity contribution is 7.94. The highest BCUT2D eigenvalue weighted by atomic mass is 32.2. The normalized spacial score (nSPS) is 11.7. The van der Waals surface area contributed by atoms with Gasteiger partial charge >= 0.3 is 6.36 Å². The van der Waals surface area contributed by atoms with Crippen molar-refractivity contribution in [2.75, 3.05) is 0 Å². The molecule has 0 heterocycles. The Morgan fingerprint density at radius 1 is 1.08 bits per heavy atom. The third kappa shape index (κ3) is 4.14. The van der Waals surface area contributed by atoms with Gasteiger partial charge in [-0.15, -0.1) is 13.2 Å². The summed E-state index contributed by atoms with van der Waals surface area (Å²) >= 11 is 0.144. The van der Waals surface area contributed by atoms with Crippen LogP contribution in [0.2, 0.25) is 0 Å². The molecule has 13 heavy (non-hydrogen) atoms. The van der Waals surface area contributed by atoms with Gasteiger partial charge in [0.25, 0.3) is 0 Å². The predicted octanol–water partition coefficient (Wildman–Crippen LogP) is 3.37. The summed E-state index contributed by atoms with van der Waals surface area (Å²) in [6, 6.07) is 4.52. The Balaban J connectivity index is 2.51. The molecule has 1 rings (SSSR count). The Bertz CT molecular complexity index is 269. The smallest absolute Gasteiger partial charge is 0.215 e. The Hall–Kier alpha value is -0.750. The van der Waals surface area contributed by atoms with Crippen LogP contribution in [0.4, 0.5) is 17.6 Å². The van der Waals surface area contributed by atoms with E-state index in [1.165, 1.54) is 12.1 Å². The van der Waals surface area contributed by atoms with Crippen LogP contribution < -0.4 is 0 Å². The number of hydrogen-bond acceptors (Lipinski definition) is 2. The quantitative estimate of drug-likeness (QED) is 0.549. The summed E-state index contributed by atoms with van der Waals surface area (Å²) in [7, 11) is 0. The molecule has 0 aliphatic rings. The second-order valence-corrected chi connectivity index (χ2v) is 2.87. The molecule has 0 radical (unpaired) electrons. The Morgan fingerprint density at radius 3 is 2.08 bits per heavy atom. The summed E-state index contributed by atoms with van der Waals surface area (Å²) in [5, 5.41) is 0. The van der Waals surface area contributed by atoms with Gasteiger partial charge in [0.1, 0.15) is 5.82 Å². The van der Waals surface area contributed by atoms with Gasteiger partial charge in [-0.05, 0) is 24.3 Å². The molecule has 0 amide bonds. The van der Waals surface area contributed by atoms with E-state index in [1.807, 2.05) is 0 Å². The first kappa shape index (κ1) is 10.3. The van der Waals surface area contributed by atoms with Gasteiger partial charge in [-0.3, -0.25) is 0 Å². The van der Waals surface area contributed by atoms with Gasteiger partial charge in [-0.2, -0.15) is 0 Å². The Labute approximate surface area is 75.9 Å². The highest BCUT2D eigenvalue weighted by Crippen LogP contribution is 2.28. The van der Waals surface area contributed by atoms with Crippen LogP contribution in [0.25, 0.3) is 0 Å². The number of hydrogen-bond donors (Lipinski definition) is 0. The fraction of sp³-hybridized carbons (Fsp3) is 0.143. The van der Waals surface area contributed by atoms with E-state index in [-0.39, 0.29) is 16.9 Å². The van der Waals surface area contributed by atoms with Gasteiger partial charge in [0.05, 0.1) is 0 Å². The number of halogens is 4. The van der Waals surface area contributed by atoms with E-state index in [0.717, 1.165) is 12.1 Å². The molecule has 0 spiro atoms. The van der Waals surface area contributed by atoms with Crippen molar-refractivity contribution in [3.63, 3.8) is 0 Å². The van der Waals surface area contributed by atoms with Crippen molar-refractivity contribution in [1.82, 2.24) is 0 Å². The largest absolute Gasteiger partial charge is 0.533 e.